The number of morpholine rings is 1. The standard InChI is InChI=1S/C18H24N2O3S/c1-14(13-16-3-2-12-24-16)17(21)19-6-4-15(5-7-19)18(22)20-8-10-23-11-9-20/h2-3,12-13,15H,4-11H2,1H3/b14-13+. The molecule has 2 fully saturated rings. The van der Waals surface area contributed by atoms with Gasteiger partial charge in [-0.25, -0.2) is 0 Å². The third-order valence-corrected chi connectivity index (χ3v) is 5.51. The van der Waals surface area contributed by atoms with Crippen molar-refractivity contribution in [3.63, 3.8) is 0 Å². The number of hydrogen-bond acceptors (Lipinski definition) is 4. The predicted octanol–water partition coefficient (Wildman–Crippen LogP) is 2.25. The molecule has 3 heterocycles. The lowest BCUT2D eigenvalue weighted by Crippen LogP contribution is -2.47. The van der Waals surface area contributed by atoms with Crippen LogP contribution in [-0.2, 0) is 14.3 Å². The van der Waals surface area contributed by atoms with Gasteiger partial charge < -0.3 is 14.5 Å². The molecular formula is C18H24N2O3S. The average Bonchev–Trinajstić information content (AvgIpc) is 3.14. The monoisotopic (exact) mass is 348 g/mol. The van der Waals surface area contributed by atoms with Crippen LogP contribution in [0.1, 0.15) is 24.6 Å². The Morgan fingerprint density at radius 2 is 1.88 bits per heavy atom. The van der Waals surface area contributed by atoms with Gasteiger partial charge in [0.1, 0.15) is 0 Å². The first-order chi connectivity index (χ1) is 11.6. The summed E-state index contributed by atoms with van der Waals surface area (Å²) < 4.78 is 5.30. The van der Waals surface area contributed by atoms with Crippen LogP contribution in [0, 0.1) is 5.92 Å². The number of carbonyl (C=O) groups is 2. The fraction of sp³-hybridized carbons (Fsp3) is 0.556. The number of amides is 2. The largest absolute Gasteiger partial charge is 0.378 e. The number of rotatable bonds is 3. The van der Waals surface area contributed by atoms with Gasteiger partial charge in [-0.3, -0.25) is 9.59 Å². The summed E-state index contributed by atoms with van der Waals surface area (Å²) in [5, 5.41) is 2.01. The molecule has 2 amide bonds. The van der Waals surface area contributed by atoms with E-state index in [1.54, 1.807) is 11.3 Å². The van der Waals surface area contributed by atoms with Gasteiger partial charge in [0.25, 0.3) is 0 Å². The zero-order chi connectivity index (χ0) is 16.9. The van der Waals surface area contributed by atoms with Crippen LogP contribution in [0.3, 0.4) is 0 Å². The quantitative estimate of drug-likeness (QED) is 0.787. The maximum Gasteiger partial charge on any atom is 0.249 e. The van der Waals surface area contributed by atoms with Crippen LogP contribution in [0.2, 0.25) is 0 Å². The third kappa shape index (κ3) is 4.05. The molecule has 24 heavy (non-hydrogen) atoms. The maximum absolute atomic E-state index is 12.6. The van der Waals surface area contributed by atoms with Crippen molar-refractivity contribution in [3.05, 3.63) is 28.0 Å². The molecule has 0 aromatic carbocycles. The maximum atomic E-state index is 12.6. The average molecular weight is 348 g/mol. The predicted molar refractivity (Wildman–Crippen MR) is 94.7 cm³/mol. The molecule has 0 unspecified atom stereocenters. The van der Waals surface area contributed by atoms with E-state index < -0.39 is 0 Å². The number of piperidine rings is 1. The molecule has 5 nitrogen and oxygen atoms in total. The van der Waals surface area contributed by atoms with Crippen molar-refractivity contribution in [2.24, 2.45) is 5.92 Å². The second-order valence-electron chi connectivity index (χ2n) is 6.35. The first kappa shape index (κ1) is 17.2. The molecule has 1 aromatic heterocycles. The number of likely N-dealkylation sites (tertiary alicyclic amines) is 1. The lowest BCUT2D eigenvalue weighted by Gasteiger charge is -2.35. The Balaban J connectivity index is 1.52. The van der Waals surface area contributed by atoms with Crippen LogP contribution >= 0.6 is 11.3 Å². The summed E-state index contributed by atoms with van der Waals surface area (Å²) in [7, 11) is 0. The van der Waals surface area contributed by atoms with Gasteiger partial charge in [0.2, 0.25) is 11.8 Å². The minimum atomic E-state index is 0.0498. The number of hydrogen-bond donors (Lipinski definition) is 0. The molecule has 0 radical (unpaired) electrons. The van der Waals surface area contributed by atoms with E-state index in [9.17, 15) is 9.59 Å². The highest BCUT2D eigenvalue weighted by molar-refractivity contribution is 7.10. The Morgan fingerprint density at radius 3 is 2.50 bits per heavy atom. The van der Waals surface area contributed by atoms with Crippen molar-refractivity contribution in [1.82, 2.24) is 9.80 Å². The lowest BCUT2D eigenvalue weighted by molar-refractivity contribution is -0.143. The molecule has 0 spiro atoms. The van der Waals surface area contributed by atoms with Gasteiger partial charge in [0.05, 0.1) is 13.2 Å². The Labute approximate surface area is 146 Å². The molecule has 1 aromatic rings. The SMILES string of the molecule is C/C(=C\c1cccs1)C(=O)N1CCC(C(=O)N2CCOCC2)CC1. The van der Waals surface area contributed by atoms with E-state index in [4.69, 9.17) is 4.74 Å². The molecule has 0 bridgehead atoms. The first-order valence-corrected chi connectivity index (χ1v) is 9.41. The van der Waals surface area contributed by atoms with E-state index in [2.05, 4.69) is 0 Å². The zero-order valence-corrected chi connectivity index (χ0v) is 14.9. The Morgan fingerprint density at radius 1 is 1.17 bits per heavy atom. The van der Waals surface area contributed by atoms with Crippen LogP contribution in [-0.4, -0.2) is 61.0 Å². The zero-order valence-electron chi connectivity index (χ0n) is 14.1. The highest BCUT2D eigenvalue weighted by atomic mass is 32.1. The normalized spacial score (nSPS) is 20.3. The van der Waals surface area contributed by atoms with Crippen molar-refractivity contribution in [2.75, 3.05) is 39.4 Å². The van der Waals surface area contributed by atoms with E-state index in [-0.39, 0.29) is 17.7 Å². The molecular weight excluding hydrogens is 324 g/mol. The Hall–Kier alpha value is -1.66. The summed E-state index contributed by atoms with van der Waals surface area (Å²) in [4.78, 5) is 30.0. The molecule has 2 aliphatic rings. The lowest BCUT2D eigenvalue weighted by atomic mass is 9.94. The van der Waals surface area contributed by atoms with Crippen LogP contribution in [0.4, 0.5) is 0 Å². The fourth-order valence-corrected chi connectivity index (χ4v) is 3.99. The molecule has 2 saturated heterocycles. The van der Waals surface area contributed by atoms with Crippen LogP contribution in [0.15, 0.2) is 23.1 Å². The number of nitrogens with zero attached hydrogens (tertiary/aromatic N) is 2. The van der Waals surface area contributed by atoms with E-state index in [0.29, 0.717) is 39.4 Å². The molecule has 0 saturated carbocycles. The summed E-state index contributed by atoms with van der Waals surface area (Å²) in [6.07, 6.45) is 3.46. The summed E-state index contributed by atoms with van der Waals surface area (Å²) in [5.74, 6) is 0.366. The van der Waals surface area contributed by atoms with E-state index in [1.807, 2.05) is 40.3 Å². The van der Waals surface area contributed by atoms with Gasteiger partial charge in [-0.1, -0.05) is 6.07 Å². The smallest absolute Gasteiger partial charge is 0.249 e. The van der Waals surface area contributed by atoms with Gasteiger partial charge in [-0.2, -0.15) is 0 Å². The second kappa shape index (κ2) is 7.94. The van der Waals surface area contributed by atoms with Crippen molar-refractivity contribution >= 4 is 29.2 Å². The van der Waals surface area contributed by atoms with Crippen molar-refractivity contribution in [2.45, 2.75) is 19.8 Å². The van der Waals surface area contributed by atoms with Gasteiger partial charge in [-0.15, -0.1) is 11.3 Å². The van der Waals surface area contributed by atoms with Gasteiger partial charge in [-0.05, 0) is 37.3 Å². The number of ether oxygens (including phenoxy) is 1. The van der Waals surface area contributed by atoms with Crippen LogP contribution in [0.25, 0.3) is 6.08 Å². The van der Waals surface area contributed by atoms with E-state index >= 15 is 0 Å². The Bertz CT molecular complexity index is 598. The molecule has 0 aliphatic carbocycles. The number of thiophene rings is 1. The molecule has 0 N–H and O–H groups in total. The van der Waals surface area contributed by atoms with Crippen molar-refractivity contribution in [3.8, 4) is 0 Å². The van der Waals surface area contributed by atoms with E-state index in [1.165, 1.54) is 0 Å². The minimum absolute atomic E-state index is 0.0498. The van der Waals surface area contributed by atoms with Crippen molar-refractivity contribution < 1.29 is 14.3 Å². The summed E-state index contributed by atoms with van der Waals surface area (Å²) in [5.41, 5.74) is 0.760. The molecule has 0 atom stereocenters. The highest BCUT2D eigenvalue weighted by Gasteiger charge is 2.31. The van der Waals surface area contributed by atoms with Crippen LogP contribution < -0.4 is 0 Å². The van der Waals surface area contributed by atoms with Gasteiger partial charge >= 0.3 is 0 Å². The molecule has 130 valence electrons. The highest BCUT2D eigenvalue weighted by Crippen LogP contribution is 2.22. The molecule has 6 heteroatoms. The summed E-state index contributed by atoms with van der Waals surface area (Å²) in [6.45, 7) is 5.85. The van der Waals surface area contributed by atoms with Crippen LogP contribution in [0.5, 0.6) is 0 Å². The van der Waals surface area contributed by atoms with Gasteiger partial charge in [0.15, 0.2) is 0 Å². The fourth-order valence-electron chi connectivity index (χ4n) is 3.27. The minimum Gasteiger partial charge on any atom is -0.378 e. The molecule has 3 rings (SSSR count). The Kier molecular flexibility index (Phi) is 5.68. The molecule has 2 aliphatic heterocycles. The number of carbonyl (C=O) groups excluding carboxylic acids is 2. The van der Waals surface area contributed by atoms with Gasteiger partial charge in [0, 0.05) is 42.5 Å². The van der Waals surface area contributed by atoms with Crippen molar-refractivity contribution in [1.29, 1.82) is 0 Å². The summed E-state index contributed by atoms with van der Waals surface area (Å²) in [6, 6.07) is 3.99. The topological polar surface area (TPSA) is 49.9 Å². The second-order valence-corrected chi connectivity index (χ2v) is 7.33. The third-order valence-electron chi connectivity index (χ3n) is 4.69. The first-order valence-electron chi connectivity index (χ1n) is 8.53. The summed E-state index contributed by atoms with van der Waals surface area (Å²) >= 11 is 1.63. The van der Waals surface area contributed by atoms with E-state index in [0.717, 1.165) is 23.3 Å².